The van der Waals surface area contributed by atoms with Crippen molar-refractivity contribution in [3.05, 3.63) is 59.1 Å². The summed E-state index contributed by atoms with van der Waals surface area (Å²) in [5.74, 6) is -0.646. The average molecular weight is 464 g/mol. The van der Waals surface area contributed by atoms with E-state index in [1.165, 1.54) is 17.1 Å². The number of hydrogen-bond acceptors (Lipinski definition) is 5. The molecule has 0 bridgehead atoms. The van der Waals surface area contributed by atoms with E-state index in [1.54, 1.807) is 38.2 Å². The Kier molecular flexibility index (Phi) is 5.83. The maximum absolute atomic E-state index is 14.0. The maximum Gasteiger partial charge on any atom is 0.232 e. The molecule has 4 rings (SSSR count). The van der Waals surface area contributed by atoms with Crippen LogP contribution in [-0.4, -0.2) is 33.6 Å². The number of rotatable bonds is 6. The van der Waals surface area contributed by atoms with E-state index in [4.69, 9.17) is 4.78 Å². The van der Waals surface area contributed by atoms with Gasteiger partial charge in [0.25, 0.3) is 0 Å². The number of benzene rings is 1. The molecule has 9 heteroatoms. The largest absolute Gasteiger partial charge is 0.291 e. The molecule has 2 aliphatic rings. The van der Waals surface area contributed by atoms with Crippen LogP contribution in [0.25, 0.3) is 5.57 Å². The number of nitrogens with zero attached hydrogens (tertiary/aromatic N) is 2. The Morgan fingerprint density at radius 1 is 1.32 bits per heavy atom. The Balaban J connectivity index is 1.47. The zero-order valence-corrected chi connectivity index (χ0v) is 18.9. The normalized spacial score (nSPS) is 20.6. The molecule has 1 heterocycles. The zero-order chi connectivity index (χ0) is 22.3. The molecular weight excluding hydrogens is 440 g/mol. The summed E-state index contributed by atoms with van der Waals surface area (Å²) in [5.41, 5.74) is 2.06. The van der Waals surface area contributed by atoms with Gasteiger partial charge in [0.15, 0.2) is 5.13 Å². The molecule has 0 aliphatic heterocycles. The molecule has 0 spiro atoms. The number of carbonyl (C=O) groups excluding carboxylic acids is 1. The number of hydrogen-bond donors (Lipinski definition) is 1. The number of halogens is 2. The molecule has 2 aliphatic carbocycles. The number of alkyl halides is 1. The molecule has 2 aromatic rings. The summed E-state index contributed by atoms with van der Waals surface area (Å²) in [6.45, 7) is 1.72. The summed E-state index contributed by atoms with van der Waals surface area (Å²) in [6.07, 6.45) is 3.06. The average Bonchev–Trinajstić information content (AvgIpc) is 3.52. The molecule has 164 valence electrons. The topological polar surface area (TPSA) is 74.1 Å². The van der Waals surface area contributed by atoms with Crippen LogP contribution in [0.5, 0.6) is 0 Å². The zero-order valence-electron chi connectivity index (χ0n) is 17.2. The number of anilines is 1. The van der Waals surface area contributed by atoms with Gasteiger partial charge in [0.1, 0.15) is 16.2 Å². The number of aromatic nitrogens is 1. The van der Waals surface area contributed by atoms with E-state index in [9.17, 15) is 17.8 Å². The van der Waals surface area contributed by atoms with Crippen LogP contribution >= 0.6 is 11.3 Å². The van der Waals surface area contributed by atoms with Crippen molar-refractivity contribution in [2.45, 2.75) is 48.2 Å². The second-order valence-electron chi connectivity index (χ2n) is 7.88. The van der Waals surface area contributed by atoms with Crippen molar-refractivity contribution < 1.29 is 17.8 Å². The highest BCUT2D eigenvalue weighted by atomic mass is 32.2. The molecule has 2 unspecified atom stereocenters. The molecule has 1 aromatic heterocycles. The van der Waals surface area contributed by atoms with E-state index in [0.717, 1.165) is 29.7 Å². The third kappa shape index (κ3) is 4.48. The number of thiazole rings is 1. The second kappa shape index (κ2) is 8.27. The van der Waals surface area contributed by atoms with Gasteiger partial charge in [-0.1, -0.05) is 35.6 Å². The van der Waals surface area contributed by atoms with Crippen molar-refractivity contribution in [3.63, 3.8) is 0 Å². The summed E-state index contributed by atoms with van der Waals surface area (Å²) in [6, 6.07) is 6.80. The lowest BCUT2D eigenvalue weighted by atomic mass is 9.96. The van der Waals surface area contributed by atoms with Gasteiger partial charge in [0.2, 0.25) is 5.91 Å². The SMILES string of the molecule is Cc1nc(N(C)C(=O)Cc2ccc(C3=CC(F)CC=C3F)cc2)sc1S(=N)(=O)C1CC1. The highest BCUT2D eigenvalue weighted by Crippen LogP contribution is 2.40. The Morgan fingerprint density at radius 2 is 2.00 bits per heavy atom. The van der Waals surface area contributed by atoms with Gasteiger partial charge in [-0.25, -0.2) is 22.8 Å². The van der Waals surface area contributed by atoms with Crippen molar-refractivity contribution in [1.82, 2.24) is 4.98 Å². The molecular formula is C22H23F2N3O2S2. The Bertz CT molecular complexity index is 1180. The third-order valence-corrected chi connectivity index (χ3v) is 9.70. The van der Waals surface area contributed by atoms with Crippen molar-refractivity contribution in [2.24, 2.45) is 0 Å². The first kappa shape index (κ1) is 21.8. The van der Waals surface area contributed by atoms with Gasteiger partial charge in [0, 0.05) is 24.3 Å². The molecule has 5 nitrogen and oxygen atoms in total. The van der Waals surface area contributed by atoms with Gasteiger partial charge < -0.3 is 0 Å². The van der Waals surface area contributed by atoms with Crippen molar-refractivity contribution in [3.8, 4) is 0 Å². The van der Waals surface area contributed by atoms with E-state index in [-0.39, 0.29) is 29.6 Å². The maximum atomic E-state index is 14.0. The quantitative estimate of drug-likeness (QED) is 0.640. The minimum Gasteiger partial charge on any atom is -0.291 e. The number of aryl methyl sites for hydroxylation is 1. The highest BCUT2D eigenvalue weighted by Gasteiger charge is 2.36. The van der Waals surface area contributed by atoms with Gasteiger partial charge in [-0.2, -0.15) is 0 Å². The molecule has 1 N–H and O–H groups in total. The van der Waals surface area contributed by atoms with Gasteiger partial charge in [-0.05, 0) is 43.0 Å². The van der Waals surface area contributed by atoms with E-state index in [2.05, 4.69) is 4.98 Å². The van der Waals surface area contributed by atoms with Crippen LogP contribution in [-0.2, 0) is 20.9 Å². The first-order chi connectivity index (χ1) is 14.7. The summed E-state index contributed by atoms with van der Waals surface area (Å²) in [4.78, 5) is 18.5. The van der Waals surface area contributed by atoms with Crippen molar-refractivity contribution >= 4 is 37.7 Å². The fourth-order valence-electron chi connectivity index (χ4n) is 3.44. The fraction of sp³-hybridized carbons (Fsp3) is 0.364. The molecule has 1 amide bonds. The Labute approximate surface area is 184 Å². The van der Waals surface area contributed by atoms with E-state index in [0.29, 0.717) is 20.6 Å². The number of carbonyl (C=O) groups is 1. The summed E-state index contributed by atoms with van der Waals surface area (Å²) in [5, 5.41) is 0.314. The van der Waals surface area contributed by atoms with Crippen LogP contribution in [0, 0.1) is 11.7 Å². The van der Waals surface area contributed by atoms with Crippen LogP contribution in [0.3, 0.4) is 0 Å². The molecule has 31 heavy (non-hydrogen) atoms. The third-order valence-electron chi connectivity index (χ3n) is 5.42. The van der Waals surface area contributed by atoms with Crippen LogP contribution < -0.4 is 4.90 Å². The summed E-state index contributed by atoms with van der Waals surface area (Å²) >= 11 is 1.14. The molecule has 1 aromatic carbocycles. The highest BCUT2D eigenvalue weighted by molar-refractivity contribution is 7.95. The number of nitrogens with one attached hydrogen (secondary N) is 1. The van der Waals surface area contributed by atoms with Crippen LogP contribution in [0.1, 0.15) is 36.1 Å². The van der Waals surface area contributed by atoms with Gasteiger partial charge in [0.05, 0.1) is 21.8 Å². The molecule has 0 radical (unpaired) electrons. The van der Waals surface area contributed by atoms with E-state index < -0.39 is 21.7 Å². The fourth-order valence-corrected chi connectivity index (χ4v) is 6.93. The lowest BCUT2D eigenvalue weighted by Gasteiger charge is -2.15. The summed E-state index contributed by atoms with van der Waals surface area (Å²) in [7, 11) is -1.26. The standard InChI is InChI=1S/C22H23F2N3O2S2/c1-13-21(31(25,29)17-8-9-17)30-22(26-13)27(2)20(28)11-14-3-5-15(6-4-14)18-12-16(23)7-10-19(18)24/h3-6,10,12,16-17,25H,7-9,11H2,1-2H3. The molecule has 1 saturated carbocycles. The number of amides is 1. The number of likely N-dealkylation sites (N-methyl/N-ethyl adjacent to an activating group) is 1. The summed E-state index contributed by atoms with van der Waals surface area (Å²) < 4.78 is 49.0. The predicted molar refractivity (Wildman–Crippen MR) is 119 cm³/mol. The Hall–Kier alpha value is -2.39. The van der Waals surface area contributed by atoms with Crippen LogP contribution in [0.2, 0.25) is 0 Å². The minimum atomic E-state index is -2.87. The second-order valence-corrected chi connectivity index (χ2v) is 11.4. The van der Waals surface area contributed by atoms with Gasteiger partial charge >= 0.3 is 0 Å². The molecule has 1 fully saturated rings. The van der Waals surface area contributed by atoms with Crippen molar-refractivity contribution in [2.75, 3.05) is 11.9 Å². The van der Waals surface area contributed by atoms with Crippen molar-refractivity contribution in [1.29, 1.82) is 4.78 Å². The Morgan fingerprint density at radius 3 is 2.65 bits per heavy atom. The van der Waals surface area contributed by atoms with Crippen LogP contribution in [0.15, 0.2) is 46.5 Å². The monoisotopic (exact) mass is 463 g/mol. The van der Waals surface area contributed by atoms with E-state index in [1.807, 2.05) is 0 Å². The lowest BCUT2D eigenvalue weighted by Crippen LogP contribution is -2.27. The van der Waals surface area contributed by atoms with Crippen LogP contribution in [0.4, 0.5) is 13.9 Å². The van der Waals surface area contributed by atoms with E-state index >= 15 is 0 Å². The number of allylic oxidation sites excluding steroid dienone is 4. The lowest BCUT2D eigenvalue weighted by molar-refractivity contribution is -0.117. The first-order valence-electron chi connectivity index (χ1n) is 9.99. The first-order valence-corrected chi connectivity index (χ1v) is 12.4. The van der Waals surface area contributed by atoms with Gasteiger partial charge in [-0.3, -0.25) is 9.69 Å². The molecule has 2 atom stereocenters. The minimum absolute atomic E-state index is 0.0437. The smallest absolute Gasteiger partial charge is 0.232 e. The van der Waals surface area contributed by atoms with Gasteiger partial charge in [-0.15, -0.1) is 0 Å². The predicted octanol–water partition coefficient (Wildman–Crippen LogP) is 5.20. The molecule has 0 saturated heterocycles.